The summed E-state index contributed by atoms with van der Waals surface area (Å²) >= 11 is 9.45. The van der Waals surface area contributed by atoms with Crippen molar-refractivity contribution < 1.29 is 0 Å². The van der Waals surface area contributed by atoms with Crippen LogP contribution in [0, 0.1) is 13.8 Å². The molecule has 1 saturated heterocycles. The van der Waals surface area contributed by atoms with Crippen LogP contribution in [0.25, 0.3) is 0 Å². The number of nitrogens with one attached hydrogen (secondary N) is 1. The molecule has 32 heavy (non-hydrogen) atoms. The van der Waals surface area contributed by atoms with Crippen LogP contribution in [0.15, 0.2) is 59.2 Å². The number of rotatable bonds is 4. The lowest BCUT2D eigenvalue weighted by Crippen LogP contribution is -2.29. The van der Waals surface area contributed by atoms with E-state index in [-0.39, 0.29) is 12.1 Å². The maximum Gasteiger partial charge on any atom is 0.174 e. The summed E-state index contributed by atoms with van der Waals surface area (Å²) in [6.45, 7) is 4.54. The molecule has 2 aliphatic rings. The van der Waals surface area contributed by atoms with Crippen LogP contribution >= 0.6 is 28.1 Å². The third kappa shape index (κ3) is 3.88. The minimum Gasteiger partial charge on any atom is -0.351 e. The molecule has 0 amide bonds. The van der Waals surface area contributed by atoms with Gasteiger partial charge >= 0.3 is 0 Å². The van der Waals surface area contributed by atoms with Crippen molar-refractivity contribution in [1.29, 1.82) is 0 Å². The van der Waals surface area contributed by atoms with Gasteiger partial charge in [-0.1, -0.05) is 41.3 Å². The third-order valence-electron chi connectivity index (χ3n) is 6.98. The highest BCUT2D eigenvalue weighted by Crippen LogP contribution is 2.44. The molecule has 166 valence electrons. The fourth-order valence-electron chi connectivity index (χ4n) is 5.55. The Morgan fingerprint density at radius 1 is 1.03 bits per heavy atom. The van der Waals surface area contributed by atoms with Gasteiger partial charge in [0.2, 0.25) is 0 Å². The van der Waals surface area contributed by atoms with Crippen molar-refractivity contribution in [2.75, 3.05) is 4.90 Å². The van der Waals surface area contributed by atoms with Crippen LogP contribution in [0.4, 0.5) is 5.69 Å². The largest absolute Gasteiger partial charge is 0.351 e. The van der Waals surface area contributed by atoms with Gasteiger partial charge in [-0.2, -0.15) is 0 Å². The SMILES string of the molecule is Cc1cc(C2C(c3ccccn3)NC(=S)N2c2ccc(Br)cc2)c(C)n1C1CCCCC1. The van der Waals surface area contributed by atoms with Gasteiger partial charge in [-0.25, -0.2) is 0 Å². The Labute approximate surface area is 204 Å². The number of halogens is 1. The highest BCUT2D eigenvalue weighted by atomic mass is 79.9. The molecule has 2 fully saturated rings. The van der Waals surface area contributed by atoms with Gasteiger partial charge in [0.15, 0.2) is 5.11 Å². The van der Waals surface area contributed by atoms with Crippen LogP contribution in [-0.4, -0.2) is 14.7 Å². The molecule has 1 aromatic carbocycles. The number of pyridine rings is 1. The summed E-state index contributed by atoms with van der Waals surface area (Å²) < 4.78 is 3.65. The lowest BCUT2D eigenvalue weighted by Gasteiger charge is -2.30. The lowest BCUT2D eigenvalue weighted by atomic mass is 9.94. The van der Waals surface area contributed by atoms with Crippen molar-refractivity contribution in [2.24, 2.45) is 0 Å². The van der Waals surface area contributed by atoms with Gasteiger partial charge in [-0.3, -0.25) is 4.98 Å². The summed E-state index contributed by atoms with van der Waals surface area (Å²) in [4.78, 5) is 6.97. The van der Waals surface area contributed by atoms with E-state index in [1.54, 1.807) is 0 Å². The van der Waals surface area contributed by atoms with Crippen molar-refractivity contribution in [3.8, 4) is 0 Å². The van der Waals surface area contributed by atoms with E-state index in [4.69, 9.17) is 17.2 Å². The standard InChI is InChI=1S/C26H29BrN4S/c1-17-16-22(18(2)30(17)20-8-4-3-5-9-20)25-24(23-10-6-7-15-28-23)29-26(32)31(25)21-13-11-19(27)12-14-21/h6-7,10-16,20,24-25H,3-5,8-9H2,1-2H3,(H,29,32). The van der Waals surface area contributed by atoms with Gasteiger partial charge in [0.25, 0.3) is 0 Å². The number of thiocarbonyl (C=S) groups is 1. The smallest absolute Gasteiger partial charge is 0.174 e. The molecule has 1 aliphatic heterocycles. The first-order valence-electron chi connectivity index (χ1n) is 11.5. The zero-order chi connectivity index (χ0) is 22.2. The van der Waals surface area contributed by atoms with Crippen molar-refractivity contribution in [3.05, 3.63) is 81.8 Å². The average molecular weight is 510 g/mol. The topological polar surface area (TPSA) is 33.1 Å². The Balaban J connectivity index is 1.62. The highest BCUT2D eigenvalue weighted by Gasteiger charge is 2.42. The molecule has 3 heterocycles. The monoisotopic (exact) mass is 508 g/mol. The first-order chi connectivity index (χ1) is 15.5. The lowest BCUT2D eigenvalue weighted by molar-refractivity contribution is 0.345. The molecule has 1 saturated carbocycles. The molecule has 2 atom stereocenters. The molecule has 1 N–H and O–H groups in total. The second-order valence-electron chi connectivity index (χ2n) is 8.96. The van der Waals surface area contributed by atoms with Crippen LogP contribution in [-0.2, 0) is 0 Å². The molecule has 2 aromatic heterocycles. The zero-order valence-corrected chi connectivity index (χ0v) is 21.0. The number of benzene rings is 1. The van der Waals surface area contributed by atoms with E-state index < -0.39 is 0 Å². The molecule has 3 aromatic rings. The Hall–Kier alpha value is -2.18. The molecule has 0 radical (unpaired) electrons. The van der Waals surface area contributed by atoms with Crippen molar-refractivity contribution in [2.45, 2.75) is 64.1 Å². The number of nitrogens with zero attached hydrogens (tertiary/aromatic N) is 3. The van der Waals surface area contributed by atoms with Crippen molar-refractivity contribution in [1.82, 2.24) is 14.9 Å². The van der Waals surface area contributed by atoms with Crippen LogP contribution in [0.3, 0.4) is 0 Å². The van der Waals surface area contributed by atoms with Crippen LogP contribution in [0.2, 0.25) is 0 Å². The number of aromatic nitrogens is 2. The van der Waals surface area contributed by atoms with E-state index in [0.29, 0.717) is 6.04 Å². The molecule has 5 rings (SSSR count). The first kappa shape index (κ1) is 21.7. The van der Waals surface area contributed by atoms with E-state index >= 15 is 0 Å². The summed E-state index contributed by atoms with van der Waals surface area (Å²) in [5, 5.41) is 4.34. The second kappa shape index (κ2) is 8.99. The molecular formula is C26H29BrN4S. The van der Waals surface area contributed by atoms with Crippen molar-refractivity contribution >= 4 is 38.9 Å². The molecule has 0 bridgehead atoms. The Bertz CT molecular complexity index is 1100. The van der Waals surface area contributed by atoms with E-state index in [9.17, 15) is 0 Å². The number of hydrogen-bond donors (Lipinski definition) is 1. The summed E-state index contributed by atoms with van der Waals surface area (Å²) in [5.41, 5.74) is 6.14. The van der Waals surface area contributed by atoms with Gasteiger partial charge in [0.05, 0.1) is 17.8 Å². The molecule has 4 nitrogen and oxygen atoms in total. The summed E-state index contributed by atoms with van der Waals surface area (Å²) in [6.07, 6.45) is 8.43. The maximum atomic E-state index is 5.89. The van der Waals surface area contributed by atoms with Gasteiger partial charge in [0.1, 0.15) is 0 Å². The first-order valence-corrected chi connectivity index (χ1v) is 12.7. The van der Waals surface area contributed by atoms with Crippen LogP contribution in [0.5, 0.6) is 0 Å². The zero-order valence-electron chi connectivity index (χ0n) is 18.6. The Kier molecular flexibility index (Phi) is 6.08. The summed E-state index contributed by atoms with van der Waals surface area (Å²) in [7, 11) is 0. The molecule has 6 heteroatoms. The van der Waals surface area contributed by atoms with Gasteiger partial charge < -0.3 is 14.8 Å². The predicted octanol–water partition coefficient (Wildman–Crippen LogP) is 6.94. The number of aryl methyl sites for hydroxylation is 1. The molecule has 1 aliphatic carbocycles. The Morgan fingerprint density at radius 3 is 2.47 bits per heavy atom. The highest BCUT2D eigenvalue weighted by molar-refractivity contribution is 9.10. The fourth-order valence-corrected chi connectivity index (χ4v) is 6.16. The number of anilines is 1. The Morgan fingerprint density at radius 2 is 1.78 bits per heavy atom. The summed E-state index contributed by atoms with van der Waals surface area (Å²) in [5.74, 6) is 0. The third-order valence-corrected chi connectivity index (χ3v) is 7.83. The van der Waals surface area contributed by atoms with Crippen molar-refractivity contribution in [3.63, 3.8) is 0 Å². The predicted molar refractivity (Wildman–Crippen MR) is 138 cm³/mol. The van der Waals surface area contributed by atoms with Gasteiger partial charge in [-0.05, 0) is 86.9 Å². The number of hydrogen-bond acceptors (Lipinski definition) is 2. The maximum absolute atomic E-state index is 5.89. The van der Waals surface area contributed by atoms with E-state index in [1.807, 2.05) is 12.3 Å². The molecule has 2 unspecified atom stereocenters. The quantitative estimate of drug-likeness (QED) is 0.386. The second-order valence-corrected chi connectivity index (χ2v) is 10.3. The minimum atomic E-state index is -0.00680. The van der Waals surface area contributed by atoms with Gasteiger partial charge in [-0.15, -0.1) is 0 Å². The van der Waals surface area contributed by atoms with E-state index in [1.165, 1.54) is 49.1 Å². The van der Waals surface area contributed by atoms with E-state index in [0.717, 1.165) is 21.0 Å². The molecule has 0 spiro atoms. The molecular weight excluding hydrogens is 480 g/mol. The van der Waals surface area contributed by atoms with Crippen LogP contribution in [0.1, 0.15) is 72.9 Å². The normalized spacial score (nSPS) is 21.7. The summed E-state index contributed by atoms with van der Waals surface area (Å²) in [6, 6.07) is 17.6. The fraction of sp³-hybridized carbons (Fsp3) is 0.385. The van der Waals surface area contributed by atoms with E-state index in [2.05, 4.69) is 87.0 Å². The van der Waals surface area contributed by atoms with Gasteiger partial charge in [0, 0.05) is 33.8 Å². The minimum absolute atomic E-state index is 0.00680. The average Bonchev–Trinajstić information content (AvgIpc) is 3.31. The van der Waals surface area contributed by atoms with Crippen LogP contribution < -0.4 is 10.2 Å².